The highest BCUT2D eigenvalue weighted by Gasteiger charge is 2.25. The van der Waals surface area contributed by atoms with Crippen molar-refractivity contribution < 1.29 is 5.11 Å². The highest BCUT2D eigenvalue weighted by Crippen LogP contribution is 2.26. The molecule has 21 heavy (non-hydrogen) atoms. The number of nitriles is 1. The van der Waals surface area contributed by atoms with Gasteiger partial charge in [0.1, 0.15) is 11.6 Å². The number of allylic oxidation sites excluding steroid dienone is 1. The first-order chi connectivity index (χ1) is 10.2. The van der Waals surface area contributed by atoms with E-state index < -0.39 is 5.56 Å². The molecular formula is C13H15N5O2S. The molecule has 0 fully saturated rings. The molecule has 0 amide bonds. The number of hydrogen-bond donors (Lipinski definition) is 3. The second kappa shape index (κ2) is 6.56. The molecule has 1 aromatic rings. The van der Waals surface area contributed by atoms with E-state index in [2.05, 4.69) is 10.3 Å². The zero-order chi connectivity index (χ0) is 15.4. The molecule has 2 rings (SSSR count). The van der Waals surface area contributed by atoms with Crippen molar-refractivity contribution in [3.8, 4) is 6.07 Å². The molecule has 0 spiro atoms. The molecule has 1 aliphatic rings. The SMILES string of the molecule is CN/C=C(\C=N)c1nc2n(c(=O)c1C#N)C[C@@H](CO)CS2. The van der Waals surface area contributed by atoms with Gasteiger partial charge in [0, 0.05) is 49.9 Å². The largest absolute Gasteiger partial charge is 0.396 e. The van der Waals surface area contributed by atoms with Gasteiger partial charge >= 0.3 is 0 Å². The van der Waals surface area contributed by atoms with Crippen LogP contribution in [0.3, 0.4) is 0 Å². The van der Waals surface area contributed by atoms with E-state index >= 15 is 0 Å². The van der Waals surface area contributed by atoms with Crippen LogP contribution in [-0.4, -0.2) is 40.3 Å². The molecule has 0 unspecified atom stereocenters. The van der Waals surface area contributed by atoms with E-state index in [0.29, 0.717) is 23.0 Å². The molecule has 0 bridgehead atoms. The Kier molecular flexibility index (Phi) is 4.77. The number of nitrogens with one attached hydrogen (secondary N) is 2. The Hall–Kier alpha value is -2.11. The number of aliphatic hydroxyl groups is 1. The zero-order valence-electron chi connectivity index (χ0n) is 11.5. The van der Waals surface area contributed by atoms with Gasteiger partial charge in [-0.1, -0.05) is 11.8 Å². The maximum atomic E-state index is 12.4. The fourth-order valence-electron chi connectivity index (χ4n) is 2.06. The van der Waals surface area contributed by atoms with Gasteiger partial charge < -0.3 is 15.8 Å². The lowest BCUT2D eigenvalue weighted by Crippen LogP contribution is -2.34. The van der Waals surface area contributed by atoms with Gasteiger partial charge in [0.15, 0.2) is 5.16 Å². The Morgan fingerprint density at radius 2 is 2.52 bits per heavy atom. The number of hydrogen-bond acceptors (Lipinski definition) is 7. The first-order valence-electron chi connectivity index (χ1n) is 6.33. The van der Waals surface area contributed by atoms with Gasteiger partial charge in [0.2, 0.25) is 0 Å². The molecule has 0 radical (unpaired) electrons. The Labute approximate surface area is 125 Å². The average Bonchev–Trinajstić information content (AvgIpc) is 2.52. The summed E-state index contributed by atoms with van der Waals surface area (Å²) in [5.74, 6) is 0.652. The topological polar surface area (TPSA) is 115 Å². The van der Waals surface area contributed by atoms with Crippen molar-refractivity contribution in [1.82, 2.24) is 14.9 Å². The molecule has 1 aromatic heterocycles. The summed E-state index contributed by atoms with van der Waals surface area (Å²) in [7, 11) is 1.67. The molecular weight excluding hydrogens is 290 g/mol. The summed E-state index contributed by atoms with van der Waals surface area (Å²) in [5, 5.41) is 29.2. The first kappa shape index (κ1) is 15.3. The molecule has 3 N–H and O–H groups in total. The van der Waals surface area contributed by atoms with Crippen molar-refractivity contribution in [2.45, 2.75) is 11.7 Å². The molecule has 0 saturated heterocycles. The normalized spacial score (nSPS) is 17.8. The number of fused-ring (bicyclic) bond motifs is 1. The molecule has 0 saturated carbocycles. The molecule has 7 nitrogen and oxygen atoms in total. The van der Waals surface area contributed by atoms with Gasteiger partial charge in [-0.25, -0.2) is 4.98 Å². The minimum atomic E-state index is -0.424. The lowest BCUT2D eigenvalue weighted by Gasteiger charge is -2.24. The lowest BCUT2D eigenvalue weighted by molar-refractivity contribution is 0.217. The third-order valence-corrected chi connectivity index (χ3v) is 4.33. The number of aliphatic hydroxyl groups excluding tert-OH is 1. The summed E-state index contributed by atoms with van der Waals surface area (Å²) < 4.78 is 1.43. The summed E-state index contributed by atoms with van der Waals surface area (Å²) in [5.41, 5.74) is 0.0856. The second-order valence-corrected chi connectivity index (χ2v) is 5.52. The predicted molar refractivity (Wildman–Crippen MR) is 80.3 cm³/mol. The number of rotatable bonds is 4. The van der Waals surface area contributed by atoms with Crippen molar-refractivity contribution in [1.29, 1.82) is 10.7 Å². The van der Waals surface area contributed by atoms with Crippen LogP contribution in [0.25, 0.3) is 5.57 Å². The van der Waals surface area contributed by atoms with E-state index in [1.807, 2.05) is 6.07 Å². The van der Waals surface area contributed by atoms with Crippen LogP contribution >= 0.6 is 11.8 Å². The molecule has 8 heteroatoms. The zero-order valence-corrected chi connectivity index (χ0v) is 12.3. The van der Waals surface area contributed by atoms with Crippen LogP contribution in [0.1, 0.15) is 11.3 Å². The van der Waals surface area contributed by atoms with Crippen molar-refractivity contribution in [3.05, 3.63) is 27.8 Å². The quantitative estimate of drug-likeness (QED) is 0.534. The maximum Gasteiger partial charge on any atom is 0.272 e. The van der Waals surface area contributed by atoms with Crippen LogP contribution in [0.2, 0.25) is 0 Å². The predicted octanol–water partition coefficient (Wildman–Crippen LogP) is 0.0390. The van der Waals surface area contributed by atoms with Crippen LogP contribution in [0.15, 0.2) is 16.2 Å². The first-order valence-corrected chi connectivity index (χ1v) is 7.31. The third kappa shape index (κ3) is 2.84. The van der Waals surface area contributed by atoms with Crippen molar-refractivity contribution in [2.75, 3.05) is 19.4 Å². The molecule has 0 aliphatic carbocycles. The van der Waals surface area contributed by atoms with Crippen molar-refractivity contribution in [2.24, 2.45) is 5.92 Å². The number of nitrogens with zero attached hydrogens (tertiary/aromatic N) is 3. The van der Waals surface area contributed by atoms with E-state index in [1.165, 1.54) is 22.5 Å². The minimum Gasteiger partial charge on any atom is -0.396 e. The molecule has 0 aromatic carbocycles. The van der Waals surface area contributed by atoms with Gasteiger partial charge in [0.05, 0.1) is 5.69 Å². The molecule has 2 heterocycles. The van der Waals surface area contributed by atoms with E-state index in [1.54, 1.807) is 7.05 Å². The fraction of sp³-hybridized carbons (Fsp3) is 0.385. The summed E-state index contributed by atoms with van der Waals surface area (Å²) in [6, 6.07) is 1.88. The minimum absolute atomic E-state index is 0.00603. The average molecular weight is 305 g/mol. The van der Waals surface area contributed by atoms with Gasteiger partial charge in [-0.2, -0.15) is 5.26 Å². The molecule has 110 valence electrons. The highest BCUT2D eigenvalue weighted by molar-refractivity contribution is 7.99. The summed E-state index contributed by atoms with van der Waals surface area (Å²) in [6.07, 6.45) is 2.58. The molecule has 1 atom stereocenters. The van der Waals surface area contributed by atoms with E-state index in [9.17, 15) is 15.2 Å². The fourth-order valence-corrected chi connectivity index (χ4v) is 3.13. The Bertz CT molecular complexity index is 689. The van der Waals surface area contributed by atoms with Crippen molar-refractivity contribution in [3.63, 3.8) is 0 Å². The maximum absolute atomic E-state index is 12.4. The number of thioether (sulfide) groups is 1. The van der Waals surface area contributed by atoms with Gasteiger partial charge in [-0.3, -0.25) is 9.36 Å². The Balaban J connectivity index is 2.64. The van der Waals surface area contributed by atoms with Crippen LogP contribution in [0.5, 0.6) is 0 Å². The van der Waals surface area contributed by atoms with Crippen LogP contribution in [0, 0.1) is 22.7 Å². The lowest BCUT2D eigenvalue weighted by atomic mass is 10.1. The smallest absolute Gasteiger partial charge is 0.272 e. The second-order valence-electron chi connectivity index (χ2n) is 4.54. The van der Waals surface area contributed by atoms with E-state index in [4.69, 9.17) is 5.41 Å². The van der Waals surface area contributed by atoms with E-state index in [-0.39, 0.29) is 23.8 Å². The monoisotopic (exact) mass is 305 g/mol. The Morgan fingerprint density at radius 3 is 3.10 bits per heavy atom. The summed E-state index contributed by atoms with van der Waals surface area (Å²) in [4.78, 5) is 16.8. The van der Waals surface area contributed by atoms with Gasteiger partial charge in [-0.05, 0) is 0 Å². The van der Waals surface area contributed by atoms with Crippen LogP contribution in [0.4, 0.5) is 0 Å². The summed E-state index contributed by atoms with van der Waals surface area (Å²) in [6.45, 7) is 0.350. The van der Waals surface area contributed by atoms with E-state index in [0.717, 1.165) is 6.21 Å². The van der Waals surface area contributed by atoms with Gasteiger partial charge in [0.25, 0.3) is 5.56 Å². The highest BCUT2D eigenvalue weighted by atomic mass is 32.2. The third-order valence-electron chi connectivity index (χ3n) is 3.12. The Morgan fingerprint density at radius 1 is 1.76 bits per heavy atom. The van der Waals surface area contributed by atoms with Crippen LogP contribution < -0.4 is 10.9 Å². The van der Waals surface area contributed by atoms with Crippen molar-refractivity contribution >= 4 is 23.5 Å². The van der Waals surface area contributed by atoms with Gasteiger partial charge in [-0.15, -0.1) is 0 Å². The van der Waals surface area contributed by atoms with Crippen LogP contribution in [-0.2, 0) is 6.54 Å². The standard InChI is InChI=1S/C13H15N5O2S/c1-16-4-9(2-14)11-10(3-15)12(20)18-5-8(6-19)7-21-13(18)17-11/h2,4,8,14,16,19H,5-7H2,1H3/b9-4+,14-2?/t8-/m0/s1. The molecule has 1 aliphatic heterocycles. The summed E-state index contributed by atoms with van der Waals surface area (Å²) >= 11 is 1.37. The number of aromatic nitrogens is 2.